The molecule has 0 saturated carbocycles. The van der Waals surface area contributed by atoms with Crippen LogP contribution in [0.1, 0.15) is 32.3 Å². The molecule has 1 atom stereocenters. The highest BCUT2D eigenvalue weighted by Gasteiger charge is 2.29. The van der Waals surface area contributed by atoms with E-state index in [1.165, 1.54) is 0 Å². The minimum Gasteiger partial charge on any atom is -0.373 e. The van der Waals surface area contributed by atoms with Crippen molar-refractivity contribution in [1.29, 1.82) is 0 Å². The number of hydrogen-bond acceptors (Lipinski definition) is 3. The van der Waals surface area contributed by atoms with Crippen LogP contribution in [0, 0.1) is 0 Å². The fraction of sp³-hybridized carbons (Fsp3) is 0.556. The molecule has 0 radical (unpaired) electrons. The molecule has 1 unspecified atom stereocenters. The van der Waals surface area contributed by atoms with Crippen LogP contribution >= 0.6 is 24.0 Å². The van der Waals surface area contributed by atoms with E-state index in [9.17, 15) is 4.79 Å². The number of rotatable bonds is 7. The molecule has 1 saturated heterocycles. The summed E-state index contributed by atoms with van der Waals surface area (Å²) in [6.07, 6.45) is 2.13. The van der Waals surface area contributed by atoms with Crippen LogP contribution in [0.2, 0.25) is 0 Å². The number of amides is 1. The number of carbonyl (C=O) groups is 1. The molecule has 1 aromatic rings. The molecule has 25 heavy (non-hydrogen) atoms. The summed E-state index contributed by atoms with van der Waals surface area (Å²) in [5.41, 5.74) is 0.928. The lowest BCUT2D eigenvalue weighted by Crippen LogP contribution is -2.46. The summed E-state index contributed by atoms with van der Waals surface area (Å²) < 4.78 is 5.76. The van der Waals surface area contributed by atoms with Crippen LogP contribution in [0.4, 0.5) is 0 Å². The Morgan fingerprint density at radius 3 is 2.64 bits per heavy atom. The molecule has 1 fully saturated rings. The van der Waals surface area contributed by atoms with Gasteiger partial charge < -0.3 is 20.7 Å². The Hall–Kier alpha value is -1.35. The van der Waals surface area contributed by atoms with Crippen LogP contribution in [0.15, 0.2) is 35.3 Å². The quantitative estimate of drug-likeness (QED) is 0.331. The Kier molecular flexibility index (Phi) is 9.81. The SMILES string of the molecule is CCNC(=NCC(=O)NCc1ccccc1)NCC1(C)CCCO1.I. The fourth-order valence-electron chi connectivity index (χ4n) is 2.59. The second-order valence-electron chi connectivity index (χ2n) is 6.21. The van der Waals surface area contributed by atoms with Crippen LogP contribution in [-0.2, 0) is 16.1 Å². The smallest absolute Gasteiger partial charge is 0.242 e. The van der Waals surface area contributed by atoms with Crippen molar-refractivity contribution in [3.8, 4) is 0 Å². The third kappa shape index (κ3) is 8.04. The predicted octanol–water partition coefficient (Wildman–Crippen LogP) is 2.04. The molecule has 6 nitrogen and oxygen atoms in total. The molecule has 1 amide bonds. The van der Waals surface area contributed by atoms with Gasteiger partial charge in [0, 0.05) is 26.2 Å². The highest BCUT2D eigenvalue weighted by atomic mass is 127. The maximum Gasteiger partial charge on any atom is 0.242 e. The van der Waals surface area contributed by atoms with Crippen LogP contribution in [-0.4, -0.2) is 43.7 Å². The molecular formula is C18H29IN4O2. The van der Waals surface area contributed by atoms with Crippen LogP contribution in [0.25, 0.3) is 0 Å². The molecule has 1 aliphatic rings. The van der Waals surface area contributed by atoms with Gasteiger partial charge in [-0.25, -0.2) is 4.99 Å². The Morgan fingerprint density at radius 1 is 1.24 bits per heavy atom. The first kappa shape index (κ1) is 21.7. The zero-order valence-corrected chi connectivity index (χ0v) is 17.3. The van der Waals surface area contributed by atoms with Gasteiger partial charge in [0.2, 0.25) is 5.91 Å². The van der Waals surface area contributed by atoms with Gasteiger partial charge in [-0.05, 0) is 32.3 Å². The van der Waals surface area contributed by atoms with Crippen molar-refractivity contribution in [3.05, 3.63) is 35.9 Å². The first-order chi connectivity index (χ1) is 11.6. The van der Waals surface area contributed by atoms with E-state index in [1.807, 2.05) is 37.3 Å². The zero-order chi connectivity index (χ0) is 17.3. The van der Waals surface area contributed by atoms with Crippen LogP contribution < -0.4 is 16.0 Å². The molecular weight excluding hydrogens is 431 g/mol. The standard InChI is InChI=1S/C18H28N4O2.HI/c1-3-19-17(22-14-18(2)10-7-11-24-18)21-13-16(23)20-12-15-8-5-4-6-9-15;/h4-6,8-9H,3,7,10-14H2,1-2H3,(H,20,23)(H2,19,21,22);1H. The van der Waals surface area contributed by atoms with Gasteiger partial charge >= 0.3 is 0 Å². The van der Waals surface area contributed by atoms with E-state index in [4.69, 9.17) is 4.74 Å². The lowest BCUT2D eigenvalue weighted by molar-refractivity contribution is -0.119. The average Bonchev–Trinajstić information content (AvgIpc) is 3.03. The normalized spacial score (nSPS) is 19.8. The first-order valence-corrected chi connectivity index (χ1v) is 8.58. The summed E-state index contributed by atoms with van der Waals surface area (Å²) in [4.78, 5) is 16.3. The summed E-state index contributed by atoms with van der Waals surface area (Å²) in [6, 6.07) is 9.84. The first-order valence-electron chi connectivity index (χ1n) is 8.58. The minimum atomic E-state index is -0.147. The van der Waals surface area contributed by atoms with Crippen molar-refractivity contribution in [1.82, 2.24) is 16.0 Å². The van der Waals surface area contributed by atoms with Crippen molar-refractivity contribution >= 4 is 35.8 Å². The largest absolute Gasteiger partial charge is 0.373 e. The lowest BCUT2D eigenvalue weighted by Gasteiger charge is -2.24. The molecule has 2 rings (SSSR count). The van der Waals surface area contributed by atoms with E-state index in [0.717, 1.165) is 31.6 Å². The number of nitrogens with one attached hydrogen (secondary N) is 3. The molecule has 1 aromatic carbocycles. The van der Waals surface area contributed by atoms with Crippen molar-refractivity contribution in [2.75, 3.05) is 26.2 Å². The van der Waals surface area contributed by atoms with E-state index >= 15 is 0 Å². The monoisotopic (exact) mass is 460 g/mol. The molecule has 0 aliphatic carbocycles. The maximum absolute atomic E-state index is 12.0. The van der Waals surface area contributed by atoms with E-state index < -0.39 is 0 Å². The zero-order valence-electron chi connectivity index (χ0n) is 15.0. The molecule has 1 aliphatic heterocycles. The number of hydrogen-bond donors (Lipinski definition) is 3. The third-order valence-electron chi connectivity index (χ3n) is 3.99. The lowest BCUT2D eigenvalue weighted by atomic mass is 10.0. The van der Waals surface area contributed by atoms with Gasteiger partial charge in [0.25, 0.3) is 0 Å². The van der Waals surface area contributed by atoms with E-state index in [2.05, 4.69) is 27.9 Å². The Bertz CT molecular complexity index is 545. The summed E-state index contributed by atoms with van der Waals surface area (Å²) in [7, 11) is 0. The Balaban J connectivity index is 0.00000312. The molecule has 7 heteroatoms. The van der Waals surface area contributed by atoms with E-state index in [0.29, 0.717) is 19.0 Å². The Labute approximate surface area is 167 Å². The highest BCUT2D eigenvalue weighted by Crippen LogP contribution is 2.23. The van der Waals surface area contributed by atoms with Gasteiger partial charge in [0.1, 0.15) is 6.54 Å². The molecule has 0 spiro atoms. The van der Waals surface area contributed by atoms with Gasteiger partial charge in [-0.15, -0.1) is 24.0 Å². The molecule has 1 heterocycles. The summed E-state index contributed by atoms with van der Waals surface area (Å²) in [5.74, 6) is 0.545. The molecule has 3 N–H and O–H groups in total. The predicted molar refractivity (Wildman–Crippen MR) is 111 cm³/mol. The minimum absolute atomic E-state index is 0. The van der Waals surface area contributed by atoms with Crippen molar-refractivity contribution in [3.63, 3.8) is 0 Å². The second-order valence-corrected chi connectivity index (χ2v) is 6.21. The Morgan fingerprint density at radius 2 is 2.00 bits per heavy atom. The number of guanidine groups is 1. The number of halogens is 1. The number of benzene rings is 1. The number of ether oxygens (including phenoxy) is 1. The second kappa shape index (κ2) is 11.3. The summed E-state index contributed by atoms with van der Waals surface area (Å²) in [6.45, 7) is 6.96. The molecule has 0 aromatic heterocycles. The number of aliphatic imine (C=N–C) groups is 1. The highest BCUT2D eigenvalue weighted by molar-refractivity contribution is 14.0. The number of nitrogens with zero attached hydrogens (tertiary/aromatic N) is 1. The van der Waals surface area contributed by atoms with Crippen LogP contribution in [0.5, 0.6) is 0 Å². The fourth-order valence-corrected chi connectivity index (χ4v) is 2.59. The average molecular weight is 460 g/mol. The van der Waals surface area contributed by atoms with Gasteiger partial charge in [0.15, 0.2) is 5.96 Å². The number of carbonyl (C=O) groups excluding carboxylic acids is 1. The van der Waals surface area contributed by atoms with Crippen molar-refractivity contribution in [2.45, 2.75) is 38.8 Å². The van der Waals surface area contributed by atoms with E-state index in [1.54, 1.807) is 0 Å². The molecule has 140 valence electrons. The van der Waals surface area contributed by atoms with Crippen molar-refractivity contribution in [2.24, 2.45) is 4.99 Å². The third-order valence-corrected chi connectivity index (χ3v) is 3.99. The van der Waals surface area contributed by atoms with Gasteiger partial charge in [-0.1, -0.05) is 30.3 Å². The van der Waals surface area contributed by atoms with Crippen molar-refractivity contribution < 1.29 is 9.53 Å². The van der Waals surface area contributed by atoms with Gasteiger partial charge in [-0.3, -0.25) is 4.79 Å². The molecule has 0 bridgehead atoms. The summed E-state index contributed by atoms with van der Waals surface area (Å²) >= 11 is 0. The topological polar surface area (TPSA) is 74.8 Å². The van der Waals surface area contributed by atoms with E-state index in [-0.39, 0.29) is 42.0 Å². The maximum atomic E-state index is 12.0. The van der Waals surface area contributed by atoms with Gasteiger partial charge in [0.05, 0.1) is 5.60 Å². The van der Waals surface area contributed by atoms with Crippen LogP contribution in [0.3, 0.4) is 0 Å². The van der Waals surface area contributed by atoms with Gasteiger partial charge in [-0.2, -0.15) is 0 Å². The summed E-state index contributed by atoms with van der Waals surface area (Å²) in [5, 5.41) is 9.30.